The highest BCUT2D eigenvalue weighted by molar-refractivity contribution is 7.72. The summed E-state index contributed by atoms with van der Waals surface area (Å²) in [5.74, 6) is 1.25. The molecule has 0 saturated carbocycles. The molecule has 0 unspecified atom stereocenters. The first-order valence-electron chi connectivity index (χ1n) is 9.75. The van der Waals surface area contributed by atoms with Crippen LogP contribution in [0.25, 0.3) is 16.8 Å². The Bertz CT molecular complexity index is 1030. The van der Waals surface area contributed by atoms with Crippen LogP contribution in [0.3, 0.4) is 0 Å². The molecule has 3 aromatic rings. The lowest BCUT2D eigenvalue weighted by Gasteiger charge is -2.30. The monoisotopic (exact) mass is 435 g/mol. The Morgan fingerprint density at radius 3 is 2.83 bits per heavy atom. The van der Waals surface area contributed by atoms with E-state index in [4.69, 9.17) is 9.47 Å². The topological polar surface area (TPSA) is 127 Å². The van der Waals surface area contributed by atoms with Crippen LogP contribution in [0.1, 0.15) is 12.8 Å². The van der Waals surface area contributed by atoms with E-state index in [9.17, 15) is 8.42 Å². The van der Waals surface area contributed by atoms with Gasteiger partial charge in [0, 0.05) is 49.8 Å². The van der Waals surface area contributed by atoms with E-state index in [1.807, 2.05) is 17.2 Å². The number of aromatic nitrogens is 5. The number of nitrogens with one attached hydrogen (secondary N) is 2. The molecule has 4 heterocycles. The molecule has 4 rings (SSSR count). The van der Waals surface area contributed by atoms with Crippen molar-refractivity contribution >= 4 is 22.3 Å². The van der Waals surface area contributed by atoms with Gasteiger partial charge in [0.05, 0.1) is 18.7 Å². The van der Waals surface area contributed by atoms with Gasteiger partial charge in [0.25, 0.3) is 0 Å². The average molecular weight is 436 g/mol. The van der Waals surface area contributed by atoms with Gasteiger partial charge in [-0.2, -0.15) is 10.1 Å². The Morgan fingerprint density at radius 2 is 2.13 bits per heavy atom. The lowest BCUT2D eigenvalue weighted by atomic mass is 10.1. The van der Waals surface area contributed by atoms with Gasteiger partial charge < -0.3 is 14.8 Å². The summed E-state index contributed by atoms with van der Waals surface area (Å²) >= 11 is 0. The highest BCUT2D eigenvalue weighted by Crippen LogP contribution is 2.33. The first kappa shape index (κ1) is 20.6. The molecule has 30 heavy (non-hydrogen) atoms. The molecule has 2 N–H and O–H groups in total. The molecular weight excluding hydrogens is 410 g/mol. The fourth-order valence-corrected chi connectivity index (χ4v) is 4.15. The fourth-order valence-electron chi connectivity index (χ4n) is 3.54. The van der Waals surface area contributed by atoms with E-state index in [1.54, 1.807) is 24.0 Å². The third-order valence-electron chi connectivity index (χ3n) is 5.04. The van der Waals surface area contributed by atoms with E-state index in [1.165, 1.54) is 0 Å². The number of nitrogens with zero attached hydrogens (tertiary/aromatic N) is 5. The van der Waals surface area contributed by atoms with Gasteiger partial charge in [0.1, 0.15) is 6.61 Å². The molecule has 0 radical (unpaired) electrons. The zero-order valence-electron chi connectivity index (χ0n) is 16.7. The number of rotatable bonds is 9. The van der Waals surface area contributed by atoms with Crippen LogP contribution in [0, 0.1) is 0 Å². The molecule has 0 bridgehead atoms. The number of hydrogen-bond donors (Lipinski definition) is 3. The summed E-state index contributed by atoms with van der Waals surface area (Å²) in [6, 6.07) is 2.11. The zero-order valence-corrected chi connectivity index (χ0v) is 17.5. The first-order chi connectivity index (χ1) is 14.6. The number of anilines is 1. The SMILES string of the molecule is COCCOc1c(-c2cn[nH]c2)ccn2nc(NC3CCN(C[SH](=O)=O)CC3)nc12. The van der Waals surface area contributed by atoms with Crippen LogP contribution in [0.15, 0.2) is 24.7 Å². The van der Waals surface area contributed by atoms with Crippen molar-refractivity contribution < 1.29 is 17.9 Å². The number of likely N-dealkylation sites (tertiary alicyclic amines) is 1. The number of methoxy groups -OCH3 is 1. The van der Waals surface area contributed by atoms with Crippen LogP contribution in [-0.4, -0.2) is 83.4 Å². The third kappa shape index (κ3) is 4.71. The van der Waals surface area contributed by atoms with Crippen LogP contribution in [0.2, 0.25) is 0 Å². The summed E-state index contributed by atoms with van der Waals surface area (Å²) in [6.45, 7) is 2.30. The van der Waals surface area contributed by atoms with Crippen LogP contribution >= 0.6 is 0 Å². The van der Waals surface area contributed by atoms with Gasteiger partial charge in [0.15, 0.2) is 22.1 Å². The van der Waals surface area contributed by atoms with Gasteiger partial charge in [-0.25, -0.2) is 12.9 Å². The molecule has 0 atom stereocenters. The predicted octanol–water partition coefficient (Wildman–Crippen LogP) is 0.590. The predicted molar refractivity (Wildman–Crippen MR) is 111 cm³/mol. The maximum absolute atomic E-state index is 10.9. The van der Waals surface area contributed by atoms with E-state index < -0.39 is 10.7 Å². The number of piperidine rings is 1. The molecule has 1 aliphatic heterocycles. The zero-order chi connectivity index (χ0) is 20.9. The normalized spacial score (nSPS) is 15.8. The van der Waals surface area contributed by atoms with Crippen molar-refractivity contribution in [2.75, 3.05) is 44.6 Å². The van der Waals surface area contributed by atoms with Crippen LogP contribution in [-0.2, 0) is 15.4 Å². The standard InChI is InChI=1S/C18H25N7O4S/c1-28-8-9-29-16-15(13-10-19-20-11-13)4-7-25-17(16)22-18(23-25)21-14-2-5-24(6-3-14)12-30(26)27/h4,7,10-11,14,30H,2-3,5-6,8-9,12H2,1H3,(H,19,20)(H,21,23). The largest absolute Gasteiger partial charge is 0.487 e. The van der Waals surface area contributed by atoms with Gasteiger partial charge in [-0.3, -0.25) is 10.00 Å². The second kappa shape index (κ2) is 9.41. The maximum Gasteiger partial charge on any atom is 0.243 e. The summed E-state index contributed by atoms with van der Waals surface area (Å²) in [5, 5.41) is 14.7. The number of thiol groups is 1. The molecule has 0 amide bonds. The number of hydrogen-bond acceptors (Lipinski definition) is 9. The van der Waals surface area contributed by atoms with Crippen molar-refractivity contribution in [3.05, 3.63) is 24.7 Å². The van der Waals surface area contributed by atoms with Crippen molar-refractivity contribution in [2.45, 2.75) is 18.9 Å². The van der Waals surface area contributed by atoms with Crippen LogP contribution in [0.4, 0.5) is 5.95 Å². The van der Waals surface area contributed by atoms with Gasteiger partial charge in [-0.1, -0.05) is 0 Å². The van der Waals surface area contributed by atoms with E-state index >= 15 is 0 Å². The van der Waals surface area contributed by atoms with Gasteiger partial charge in [-0.15, -0.1) is 5.10 Å². The van der Waals surface area contributed by atoms with E-state index in [0.717, 1.165) is 37.1 Å². The summed E-state index contributed by atoms with van der Waals surface area (Å²) in [7, 11) is -0.755. The molecule has 0 aromatic carbocycles. The molecule has 0 aliphatic carbocycles. The van der Waals surface area contributed by atoms with Crippen molar-refractivity contribution in [3.8, 4) is 16.9 Å². The number of fused-ring (bicyclic) bond motifs is 1. The van der Waals surface area contributed by atoms with Crippen LogP contribution < -0.4 is 10.1 Å². The minimum atomic E-state index is -2.38. The molecule has 1 fully saturated rings. The molecule has 11 nitrogen and oxygen atoms in total. The number of aromatic amines is 1. The Balaban J connectivity index is 1.54. The maximum atomic E-state index is 10.9. The Hall–Kier alpha value is -2.70. The van der Waals surface area contributed by atoms with Crippen molar-refractivity contribution in [2.24, 2.45) is 0 Å². The Kier molecular flexibility index (Phi) is 6.45. The lowest BCUT2D eigenvalue weighted by Crippen LogP contribution is -2.40. The Morgan fingerprint density at radius 1 is 1.30 bits per heavy atom. The second-order valence-electron chi connectivity index (χ2n) is 7.10. The first-order valence-corrected chi connectivity index (χ1v) is 11.1. The van der Waals surface area contributed by atoms with Gasteiger partial charge in [-0.05, 0) is 18.9 Å². The van der Waals surface area contributed by atoms with Crippen molar-refractivity contribution in [1.82, 2.24) is 29.7 Å². The molecule has 162 valence electrons. The molecule has 12 heteroatoms. The van der Waals surface area contributed by atoms with Crippen molar-refractivity contribution in [1.29, 1.82) is 0 Å². The fraction of sp³-hybridized carbons (Fsp3) is 0.500. The summed E-state index contributed by atoms with van der Waals surface area (Å²) in [4.78, 5) is 6.60. The molecule has 0 spiro atoms. The smallest absolute Gasteiger partial charge is 0.243 e. The minimum Gasteiger partial charge on any atom is -0.487 e. The molecule has 1 saturated heterocycles. The van der Waals surface area contributed by atoms with Gasteiger partial charge >= 0.3 is 0 Å². The molecular formula is C18H25N7O4S. The van der Waals surface area contributed by atoms with E-state index in [2.05, 4.69) is 25.6 Å². The van der Waals surface area contributed by atoms with Gasteiger partial charge in [0.2, 0.25) is 5.95 Å². The van der Waals surface area contributed by atoms with E-state index in [0.29, 0.717) is 30.6 Å². The second-order valence-corrected chi connectivity index (χ2v) is 8.05. The Labute approximate surface area is 175 Å². The minimum absolute atomic E-state index is 0.119. The average Bonchev–Trinajstić information content (AvgIpc) is 3.39. The molecule has 3 aromatic heterocycles. The number of ether oxygens (including phenoxy) is 2. The quantitative estimate of drug-likeness (QED) is 0.327. The summed E-state index contributed by atoms with van der Waals surface area (Å²) in [6.07, 6.45) is 7.03. The number of H-pyrrole nitrogens is 1. The van der Waals surface area contributed by atoms with E-state index in [-0.39, 0.29) is 11.9 Å². The van der Waals surface area contributed by atoms with Crippen LogP contribution in [0.5, 0.6) is 5.75 Å². The lowest BCUT2D eigenvalue weighted by molar-refractivity contribution is 0.147. The molecule has 1 aliphatic rings. The van der Waals surface area contributed by atoms with Crippen molar-refractivity contribution in [3.63, 3.8) is 0 Å². The summed E-state index contributed by atoms with van der Waals surface area (Å²) in [5.41, 5.74) is 2.37. The third-order valence-corrected chi connectivity index (χ3v) is 5.67. The summed E-state index contributed by atoms with van der Waals surface area (Å²) < 4.78 is 34.6. The highest BCUT2D eigenvalue weighted by Gasteiger charge is 2.22. The number of pyridine rings is 1. The highest BCUT2D eigenvalue weighted by atomic mass is 32.2.